The minimum atomic E-state index is -0.525. The molecule has 0 amide bonds. The van der Waals surface area contributed by atoms with Gasteiger partial charge in [0.25, 0.3) is 0 Å². The maximum absolute atomic E-state index is 12.5. The maximum Gasteiger partial charge on any atom is 0.419 e. The highest BCUT2D eigenvalue weighted by Crippen LogP contribution is 2.32. The number of carbonyl (C=O) groups is 1. The standard InChI is InChI=1S/C18H22BrNO2/c1-12(2)14-8-6-7-9-15(14)16-10-13(19)11-20(16)17(21)22-18(3,4)5/h6-12H,1-5H3. The van der Waals surface area contributed by atoms with E-state index in [1.54, 1.807) is 10.8 Å². The molecule has 3 nitrogen and oxygen atoms in total. The predicted octanol–water partition coefficient (Wildman–Crippen LogP) is 5.82. The number of hydrogen-bond acceptors (Lipinski definition) is 2. The molecule has 0 atom stereocenters. The lowest BCUT2D eigenvalue weighted by molar-refractivity contribution is 0.0540. The van der Waals surface area contributed by atoms with E-state index in [0.717, 1.165) is 15.7 Å². The van der Waals surface area contributed by atoms with E-state index in [2.05, 4.69) is 35.8 Å². The van der Waals surface area contributed by atoms with Gasteiger partial charge in [-0.2, -0.15) is 0 Å². The summed E-state index contributed by atoms with van der Waals surface area (Å²) >= 11 is 3.46. The van der Waals surface area contributed by atoms with Gasteiger partial charge in [0.05, 0.1) is 5.69 Å². The molecule has 2 aromatic rings. The number of halogens is 1. The monoisotopic (exact) mass is 363 g/mol. The maximum atomic E-state index is 12.5. The number of hydrogen-bond donors (Lipinski definition) is 0. The van der Waals surface area contributed by atoms with E-state index < -0.39 is 5.60 Å². The van der Waals surface area contributed by atoms with E-state index in [0.29, 0.717) is 5.92 Å². The molecule has 1 aromatic heterocycles. The predicted molar refractivity (Wildman–Crippen MR) is 93.3 cm³/mol. The molecule has 1 heterocycles. The van der Waals surface area contributed by atoms with Gasteiger partial charge in [0, 0.05) is 16.2 Å². The van der Waals surface area contributed by atoms with Crippen molar-refractivity contribution in [1.29, 1.82) is 0 Å². The molecule has 0 aliphatic rings. The quantitative estimate of drug-likeness (QED) is 0.672. The Morgan fingerprint density at radius 2 is 1.86 bits per heavy atom. The summed E-state index contributed by atoms with van der Waals surface area (Å²) < 4.78 is 7.92. The first-order valence-electron chi connectivity index (χ1n) is 7.39. The van der Waals surface area contributed by atoms with Crippen molar-refractivity contribution in [3.63, 3.8) is 0 Å². The first kappa shape index (κ1) is 16.8. The lowest BCUT2D eigenvalue weighted by atomic mass is 9.95. The van der Waals surface area contributed by atoms with Crippen molar-refractivity contribution in [3.05, 3.63) is 46.6 Å². The molecule has 22 heavy (non-hydrogen) atoms. The average molecular weight is 364 g/mol. The number of benzene rings is 1. The summed E-state index contributed by atoms with van der Waals surface area (Å²) in [5.74, 6) is 0.372. The van der Waals surface area contributed by atoms with Gasteiger partial charge in [-0.1, -0.05) is 38.1 Å². The second kappa shape index (κ2) is 6.29. The molecule has 0 aliphatic heterocycles. The largest absolute Gasteiger partial charge is 0.443 e. The molecule has 0 fully saturated rings. The van der Waals surface area contributed by atoms with Gasteiger partial charge >= 0.3 is 6.09 Å². The molecule has 0 aliphatic carbocycles. The van der Waals surface area contributed by atoms with E-state index >= 15 is 0 Å². The fourth-order valence-electron chi connectivity index (χ4n) is 2.33. The second-order valence-corrected chi connectivity index (χ2v) is 7.55. The van der Waals surface area contributed by atoms with Crippen LogP contribution in [0.2, 0.25) is 0 Å². The molecule has 0 radical (unpaired) electrons. The molecule has 0 saturated heterocycles. The van der Waals surface area contributed by atoms with E-state index in [9.17, 15) is 4.79 Å². The van der Waals surface area contributed by atoms with Crippen molar-refractivity contribution < 1.29 is 9.53 Å². The highest BCUT2D eigenvalue weighted by molar-refractivity contribution is 9.10. The van der Waals surface area contributed by atoms with Crippen LogP contribution in [0.5, 0.6) is 0 Å². The van der Waals surface area contributed by atoms with Crippen LogP contribution in [0.3, 0.4) is 0 Å². The fraction of sp³-hybridized carbons (Fsp3) is 0.389. The molecular formula is C18H22BrNO2. The molecule has 1 aromatic carbocycles. The van der Waals surface area contributed by atoms with Crippen LogP contribution in [0.4, 0.5) is 4.79 Å². The summed E-state index contributed by atoms with van der Waals surface area (Å²) in [4.78, 5) is 12.5. The number of ether oxygens (including phenoxy) is 1. The molecule has 4 heteroatoms. The van der Waals surface area contributed by atoms with Gasteiger partial charge in [-0.15, -0.1) is 0 Å². The van der Waals surface area contributed by atoms with Gasteiger partial charge in [-0.25, -0.2) is 4.79 Å². The Morgan fingerprint density at radius 1 is 1.23 bits per heavy atom. The van der Waals surface area contributed by atoms with Crippen LogP contribution in [-0.2, 0) is 4.74 Å². The zero-order valence-electron chi connectivity index (χ0n) is 13.7. The Morgan fingerprint density at radius 3 is 2.45 bits per heavy atom. The molecule has 0 N–H and O–H groups in total. The first-order valence-corrected chi connectivity index (χ1v) is 8.19. The van der Waals surface area contributed by atoms with Crippen LogP contribution >= 0.6 is 15.9 Å². The topological polar surface area (TPSA) is 31.2 Å². The number of aromatic nitrogens is 1. The molecule has 2 rings (SSSR count). The van der Waals surface area contributed by atoms with Gasteiger partial charge in [0.15, 0.2) is 0 Å². The fourth-order valence-corrected chi connectivity index (χ4v) is 2.76. The third-order valence-corrected chi connectivity index (χ3v) is 3.67. The van der Waals surface area contributed by atoms with E-state index in [-0.39, 0.29) is 6.09 Å². The van der Waals surface area contributed by atoms with E-state index in [1.165, 1.54) is 5.56 Å². The van der Waals surface area contributed by atoms with Crippen LogP contribution in [-0.4, -0.2) is 16.3 Å². The normalized spacial score (nSPS) is 11.8. The van der Waals surface area contributed by atoms with Crippen molar-refractivity contribution in [2.75, 3.05) is 0 Å². The van der Waals surface area contributed by atoms with Crippen molar-refractivity contribution in [2.24, 2.45) is 0 Å². The summed E-state index contributed by atoms with van der Waals surface area (Å²) in [5, 5.41) is 0. The second-order valence-electron chi connectivity index (χ2n) is 6.64. The summed E-state index contributed by atoms with van der Waals surface area (Å²) in [6.07, 6.45) is 1.38. The van der Waals surface area contributed by atoms with Crippen molar-refractivity contribution in [1.82, 2.24) is 4.57 Å². The molecule has 0 unspecified atom stereocenters. The Bertz CT molecular complexity index is 681. The summed E-state index contributed by atoms with van der Waals surface area (Å²) in [7, 11) is 0. The summed E-state index contributed by atoms with van der Waals surface area (Å²) in [6.45, 7) is 9.89. The minimum Gasteiger partial charge on any atom is -0.443 e. The van der Waals surface area contributed by atoms with E-state index in [4.69, 9.17) is 4.74 Å². The van der Waals surface area contributed by atoms with Crippen molar-refractivity contribution in [3.8, 4) is 11.3 Å². The van der Waals surface area contributed by atoms with Crippen LogP contribution in [0, 0.1) is 0 Å². The lowest BCUT2D eigenvalue weighted by Gasteiger charge is -2.21. The van der Waals surface area contributed by atoms with Crippen molar-refractivity contribution in [2.45, 2.75) is 46.1 Å². The molecule has 0 bridgehead atoms. The van der Waals surface area contributed by atoms with Crippen LogP contribution in [0.25, 0.3) is 11.3 Å². The average Bonchev–Trinajstić information content (AvgIpc) is 2.79. The summed E-state index contributed by atoms with van der Waals surface area (Å²) in [5.41, 5.74) is 2.57. The van der Waals surface area contributed by atoms with Crippen LogP contribution in [0.1, 0.15) is 46.1 Å². The summed E-state index contributed by atoms with van der Waals surface area (Å²) in [6, 6.07) is 10.1. The lowest BCUT2D eigenvalue weighted by Crippen LogP contribution is -2.27. The van der Waals surface area contributed by atoms with Crippen LogP contribution in [0.15, 0.2) is 41.0 Å². The number of carbonyl (C=O) groups excluding carboxylic acids is 1. The highest BCUT2D eigenvalue weighted by atomic mass is 79.9. The third-order valence-electron chi connectivity index (χ3n) is 3.24. The van der Waals surface area contributed by atoms with Gasteiger partial charge < -0.3 is 4.74 Å². The molecule has 0 spiro atoms. The zero-order valence-corrected chi connectivity index (χ0v) is 15.3. The SMILES string of the molecule is CC(C)c1ccccc1-c1cc(Br)cn1C(=O)OC(C)(C)C. The van der Waals surface area contributed by atoms with Gasteiger partial charge in [0.2, 0.25) is 0 Å². The molecule has 0 saturated carbocycles. The zero-order chi connectivity index (χ0) is 16.5. The van der Waals surface area contributed by atoms with Crippen molar-refractivity contribution >= 4 is 22.0 Å². The minimum absolute atomic E-state index is 0.369. The third kappa shape index (κ3) is 3.80. The highest BCUT2D eigenvalue weighted by Gasteiger charge is 2.22. The van der Waals surface area contributed by atoms with Crippen LogP contribution < -0.4 is 0 Å². The first-order chi connectivity index (χ1) is 10.2. The smallest absolute Gasteiger partial charge is 0.419 e. The van der Waals surface area contributed by atoms with Gasteiger partial charge in [-0.3, -0.25) is 4.57 Å². The Hall–Kier alpha value is -1.55. The van der Waals surface area contributed by atoms with E-state index in [1.807, 2.05) is 45.0 Å². The van der Waals surface area contributed by atoms with Gasteiger partial charge in [-0.05, 0) is 54.2 Å². The molecular weight excluding hydrogens is 342 g/mol. The Balaban J connectivity index is 2.52. The number of nitrogens with zero attached hydrogens (tertiary/aromatic N) is 1. The Labute approximate surface area is 140 Å². The van der Waals surface area contributed by atoms with Gasteiger partial charge in [0.1, 0.15) is 5.60 Å². The number of rotatable bonds is 2. The molecule has 118 valence electrons. The Kier molecular flexibility index (Phi) is 4.81.